The van der Waals surface area contributed by atoms with Crippen LogP contribution in [0.15, 0.2) is 58.2 Å². The minimum Gasteiger partial charge on any atom is -0.492 e. The summed E-state index contributed by atoms with van der Waals surface area (Å²) in [6.45, 7) is 10.7. The number of para-hydroxylation sites is 2. The van der Waals surface area contributed by atoms with E-state index in [0.717, 1.165) is 5.56 Å². The highest BCUT2D eigenvalue weighted by molar-refractivity contribution is 8.00. The lowest BCUT2D eigenvalue weighted by molar-refractivity contribution is -0.115. The quantitative estimate of drug-likeness (QED) is 0.500. The summed E-state index contributed by atoms with van der Waals surface area (Å²) in [5.41, 5.74) is 2.81. The van der Waals surface area contributed by atoms with Crippen molar-refractivity contribution in [2.24, 2.45) is 0 Å². The van der Waals surface area contributed by atoms with Gasteiger partial charge in [0.15, 0.2) is 0 Å². The molecule has 0 saturated carbocycles. The predicted octanol–water partition coefficient (Wildman–Crippen LogP) is 5.55. The van der Waals surface area contributed by atoms with E-state index in [1.165, 1.54) is 17.3 Å². The first-order valence-electron chi connectivity index (χ1n) is 9.91. The Bertz CT molecular complexity index is 993. The molecule has 7 heteroatoms. The fourth-order valence-electron chi connectivity index (χ4n) is 2.78. The fourth-order valence-corrected chi connectivity index (χ4v) is 3.46. The zero-order valence-electron chi connectivity index (χ0n) is 17.9. The van der Waals surface area contributed by atoms with Crippen molar-refractivity contribution >= 4 is 23.4 Å². The molecule has 6 nitrogen and oxygen atoms in total. The molecule has 30 heavy (non-hydrogen) atoms. The zero-order chi connectivity index (χ0) is 21.7. The number of carbonyl (C=O) groups is 1. The van der Waals surface area contributed by atoms with Gasteiger partial charge in [-0.3, -0.25) is 4.79 Å². The lowest BCUT2D eigenvalue weighted by Crippen LogP contribution is -2.22. The van der Waals surface area contributed by atoms with E-state index in [1.54, 1.807) is 6.92 Å². The number of rotatable bonds is 7. The smallest absolute Gasteiger partial charge is 0.277 e. The Kier molecular flexibility index (Phi) is 6.82. The van der Waals surface area contributed by atoms with Crippen molar-refractivity contribution in [2.45, 2.75) is 50.5 Å². The maximum absolute atomic E-state index is 12.6. The Morgan fingerprint density at radius 3 is 2.50 bits per heavy atom. The number of carbonyl (C=O) groups excluding carboxylic acids is 1. The lowest BCUT2D eigenvalue weighted by atomic mass is 9.87. The second-order valence-electron chi connectivity index (χ2n) is 7.88. The van der Waals surface area contributed by atoms with Gasteiger partial charge in [0.1, 0.15) is 5.75 Å². The SMILES string of the molecule is CCOc1ccccc1NC(=O)[C@H](C)Sc1nnc(-c2ccc(C(C)(C)C)cc2)o1. The molecule has 0 fully saturated rings. The van der Waals surface area contributed by atoms with Crippen LogP contribution in [0.25, 0.3) is 11.5 Å². The van der Waals surface area contributed by atoms with Crippen LogP contribution >= 0.6 is 11.8 Å². The van der Waals surface area contributed by atoms with Gasteiger partial charge in [-0.15, -0.1) is 10.2 Å². The molecule has 0 aliphatic heterocycles. The summed E-state index contributed by atoms with van der Waals surface area (Å²) in [4.78, 5) is 12.6. The maximum atomic E-state index is 12.6. The van der Waals surface area contributed by atoms with Crippen LogP contribution in [-0.2, 0) is 10.2 Å². The highest BCUT2D eigenvalue weighted by atomic mass is 32.2. The molecule has 0 radical (unpaired) electrons. The van der Waals surface area contributed by atoms with Gasteiger partial charge in [-0.25, -0.2) is 0 Å². The van der Waals surface area contributed by atoms with Crippen LogP contribution in [0, 0.1) is 0 Å². The highest BCUT2D eigenvalue weighted by Gasteiger charge is 2.20. The molecule has 1 amide bonds. The first-order valence-corrected chi connectivity index (χ1v) is 10.8. The monoisotopic (exact) mass is 425 g/mol. The molecular weight excluding hydrogens is 398 g/mol. The summed E-state index contributed by atoms with van der Waals surface area (Å²) in [5.74, 6) is 0.915. The Labute approximate surface area is 181 Å². The van der Waals surface area contributed by atoms with Crippen molar-refractivity contribution in [2.75, 3.05) is 11.9 Å². The van der Waals surface area contributed by atoms with Gasteiger partial charge in [-0.05, 0) is 49.1 Å². The van der Waals surface area contributed by atoms with Gasteiger partial charge in [-0.1, -0.05) is 56.8 Å². The molecule has 3 aromatic rings. The van der Waals surface area contributed by atoms with E-state index in [1.807, 2.05) is 43.3 Å². The summed E-state index contributed by atoms with van der Waals surface area (Å²) >= 11 is 1.22. The minimum atomic E-state index is -0.420. The number of aromatic nitrogens is 2. The molecule has 0 bridgehead atoms. The molecule has 1 heterocycles. The van der Waals surface area contributed by atoms with Crippen molar-refractivity contribution in [3.05, 3.63) is 54.1 Å². The largest absolute Gasteiger partial charge is 0.492 e. The van der Waals surface area contributed by atoms with Crippen LogP contribution in [-0.4, -0.2) is 28.0 Å². The van der Waals surface area contributed by atoms with Gasteiger partial charge in [0.2, 0.25) is 11.8 Å². The van der Waals surface area contributed by atoms with E-state index in [2.05, 4.69) is 48.4 Å². The first-order chi connectivity index (χ1) is 14.3. The Morgan fingerprint density at radius 1 is 1.13 bits per heavy atom. The average molecular weight is 426 g/mol. The molecule has 0 saturated heterocycles. The number of thioether (sulfide) groups is 1. The zero-order valence-corrected chi connectivity index (χ0v) is 18.7. The van der Waals surface area contributed by atoms with E-state index in [4.69, 9.17) is 9.15 Å². The van der Waals surface area contributed by atoms with Crippen molar-refractivity contribution in [3.63, 3.8) is 0 Å². The van der Waals surface area contributed by atoms with Crippen LogP contribution < -0.4 is 10.1 Å². The lowest BCUT2D eigenvalue weighted by Gasteiger charge is -2.18. The number of nitrogens with zero attached hydrogens (tertiary/aromatic N) is 2. The van der Waals surface area contributed by atoms with Crippen LogP contribution in [0.2, 0.25) is 0 Å². The molecule has 1 N–H and O–H groups in total. The van der Waals surface area contributed by atoms with Gasteiger partial charge < -0.3 is 14.5 Å². The third kappa shape index (κ3) is 5.42. The van der Waals surface area contributed by atoms with E-state index < -0.39 is 5.25 Å². The van der Waals surface area contributed by atoms with E-state index in [9.17, 15) is 4.79 Å². The second-order valence-corrected chi connectivity index (χ2v) is 9.17. The van der Waals surface area contributed by atoms with Gasteiger partial charge >= 0.3 is 0 Å². The van der Waals surface area contributed by atoms with Gasteiger partial charge in [0, 0.05) is 5.56 Å². The molecule has 1 aromatic heterocycles. The Morgan fingerprint density at radius 2 is 1.83 bits per heavy atom. The predicted molar refractivity (Wildman–Crippen MR) is 120 cm³/mol. The number of hydrogen-bond donors (Lipinski definition) is 1. The number of hydrogen-bond acceptors (Lipinski definition) is 6. The summed E-state index contributed by atoms with van der Waals surface area (Å²) in [5, 5.41) is 11.0. The molecule has 0 aliphatic rings. The fraction of sp³-hybridized carbons (Fsp3) is 0.348. The Hall–Kier alpha value is -2.80. The minimum absolute atomic E-state index is 0.0813. The molecule has 0 unspecified atom stereocenters. The summed E-state index contributed by atoms with van der Waals surface area (Å²) in [6, 6.07) is 15.4. The number of anilines is 1. The second kappa shape index (κ2) is 9.34. The van der Waals surface area contributed by atoms with Crippen molar-refractivity contribution in [3.8, 4) is 17.2 Å². The van der Waals surface area contributed by atoms with E-state index in [-0.39, 0.29) is 11.3 Å². The van der Waals surface area contributed by atoms with Crippen molar-refractivity contribution < 1.29 is 13.9 Å². The number of nitrogens with one attached hydrogen (secondary N) is 1. The van der Waals surface area contributed by atoms with Crippen LogP contribution in [0.5, 0.6) is 5.75 Å². The number of amides is 1. The third-order valence-electron chi connectivity index (χ3n) is 4.50. The van der Waals surface area contributed by atoms with Crippen LogP contribution in [0.1, 0.15) is 40.2 Å². The number of benzene rings is 2. The van der Waals surface area contributed by atoms with E-state index in [0.29, 0.717) is 29.2 Å². The maximum Gasteiger partial charge on any atom is 0.277 e. The molecular formula is C23H27N3O3S. The summed E-state index contributed by atoms with van der Waals surface area (Å²) < 4.78 is 11.3. The van der Waals surface area contributed by atoms with Crippen LogP contribution in [0.4, 0.5) is 5.69 Å². The third-order valence-corrected chi connectivity index (χ3v) is 5.43. The molecule has 158 valence electrons. The molecule has 1 atom stereocenters. The van der Waals surface area contributed by atoms with Crippen LogP contribution in [0.3, 0.4) is 0 Å². The topological polar surface area (TPSA) is 77.2 Å². The summed E-state index contributed by atoms with van der Waals surface area (Å²) in [6.07, 6.45) is 0. The first kappa shape index (κ1) is 21.9. The van der Waals surface area contributed by atoms with Gasteiger partial charge in [0.25, 0.3) is 5.22 Å². The van der Waals surface area contributed by atoms with Gasteiger partial charge in [-0.2, -0.15) is 0 Å². The van der Waals surface area contributed by atoms with E-state index >= 15 is 0 Å². The van der Waals surface area contributed by atoms with Crippen molar-refractivity contribution in [1.29, 1.82) is 0 Å². The molecule has 0 aliphatic carbocycles. The highest BCUT2D eigenvalue weighted by Crippen LogP contribution is 2.30. The molecule has 3 rings (SSSR count). The average Bonchev–Trinajstić information content (AvgIpc) is 3.17. The summed E-state index contributed by atoms with van der Waals surface area (Å²) in [7, 11) is 0. The number of ether oxygens (including phenoxy) is 1. The van der Waals surface area contributed by atoms with Crippen molar-refractivity contribution in [1.82, 2.24) is 10.2 Å². The Balaban J connectivity index is 1.65. The normalized spacial score (nSPS) is 12.4. The standard InChI is InChI=1S/C23H27N3O3S/c1-6-28-19-10-8-7-9-18(19)24-20(27)15(2)30-22-26-25-21(29-22)16-11-13-17(14-12-16)23(3,4)5/h7-15H,6H2,1-5H3,(H,24,27)/t15-/m0/s1. The molecule has 0 spiro atoms. The van der Waals surface area contributed by atoms with Gasteiger partial charge in [0.05, 0.1) is 17.5 Å². The molecule has 2 aromatic carbocycles.